The number of carboxylic acids is 1. The number of carboxylic acid groups (broad SMARTS) is 1. The van der Waals surface area contributed by atoms with Gasteiger partial charge in [-0.05, 0) is 36.8 Å². The summed E-state index contributed by atoms with van der Waals surface area (Å²) in [4.78, 5) is 25.9. The van der Waals surface area contributed by atoms with Gasteiger partial charge in [0.05, 0.1) is 23.6 Å². The second-order valence-electron chi connectivity index (χ2n) is 6.12. The lowest BCUT2D eigenvalue weighted by molar-refractivity contribution is -0.142. The summed E-state index contributed by atoms with van der Waals surface area (Å²) in [6.07, 6.45) is 2.09. The molecular formula is C16H17Cl2NO4. The average molecular weight is 358 g/mol. The molecule has 7 heteroatoms. The van der Waals surface area contributed by atoms with Crippen LogP contribution >= 0.6 is 23.2 Å². The summed E-state index contributed by atoms with van der Waals surface area (Å²) in [5.41, 5.74) is 0.269. The molecule has 1 heterocycles. The highest BCUT2D eigenvalue weighted by Gasteiger charge is 2.47. The number of aliphatic carboxylic acids is 1. The van der Waals surface area contributed by atoms with Crippen molar-refractivity contribution in [2.45, 2.75) is 12.8 Å². The Hall–Kier alpha value is -1.46. The Kier molecular flexibility index (Phi) is 4.43. The lowest BCUT2D eigenvalue weighted by Gasteiger charge is -2.19. The van der Waals surface area contributed by atoms with Gasteiger partial charge in [0.15, 0.2) is 0 Å². The van der Waals surface area contributed by atoms with Crippen LogP contribution in [0.4, 0.5) is 0 Å². The molecule has 1 aliphatic heterocycles. The fraction of sp³-hybridized carbons (Fsp3) is 0.500. The number of likely N-dealkylation sites (tertiary alicyclic amines) is 1. The van der Waals surface area contributed by atoms with Crippen LogP contribution < -0.4 is 4.74 Å². The number of nitrogens with zero attached hydrogens (tertiary/aromatic N) is 1. The molecule has 5 nitrogen and oxygen atoms in total. The van der Waals surface area contributed by atoms with E-state index < -0.39 is 11.9 Å². The van der Waals surface area contributed by atoms with Gasteiger partial charge in [0, 0.05) is 18.1 Å². The van der Waals surface area contributed by atoms with Crippen LogP contribution in [0, 0.1) is 17.8 Å². The van der Waals surface area contributed by atoms with E-state index >= 15 is 0 Å². The molecular weight excluding hydrogens is 341 g/mol. The zero-order valence-corrected chi connectivity index (χ0v) is 14.1. The predicted molar refractivity (Wildman–Crippen MR) is 86.3 cm³/mol. The van der Waals surface area contributed by atoms with Crippen LogP contribution in [-0.4, -0.2) is 42.1 Å². The Bertz CT molecular complexity index is 660. The molecule has 0 aromatic heterocycles. The third-order valence-electron chi connectivity index (χ3n) is 4.64. The van der Waals surface area contributed by atoms with Crippen molar-refractivity contribution in [3.05, 3.63) is 27.7 Å². The maximum Gasteiger partial charge on any atom is 0.308 e. The lowest BCUT2D eigenvalue weighted by atomic mass is 9.92. The van der Waals surface area contributed by atoms with E-state index in [4.69, 9.17) is 27.9 Å². The molecule has 1 saturated carbocycles. The highest BCUT2D eigenvalue weighted by molar-refractivity contribution is 6.36. The minimum Gasteiger partial charge on any atom is -0.494 e. The molecule has 0 bridgehead atoms. The average Bonchev–Trinajstić information content (AvgIpc) is 3.24. The number of methoxy groups -OCH3 is 1. The van der Waals surface area contributed by atoms with E-state index in [1.165, 1.54) is 19.2 Å². The van der Waals surface area contributed by atoms with Crippen molar-refractivity contribution < 1.29 is 19.4 Å². The van der Waals surface area contributed by atoms with Gasteiger partial charge in [0.1, 0.15) is 5.75 Å². The summed E-state index contributed by atoms with van der Waals surface area (Å²) in [5.74, 6) is -0.931. The summed E-state index contributed by atoms with van der Waals surface area (Å²) in [6, 6.07) is 3.02. The molecule has 2 atom stereocenters. The van der Waals surface area contributed by atoms with E-state index in [2.05, 4.69) is 0 Å². The van der Waals surface area contributed by atoms with Crippen molar-refractivity contribution in [3.63, 3.8) is 0 Å². The quantitative estimate of drug-likeness (QED) is 0.898. The van der Waals surface area contributed by atoms with E-state index in [0.717, 1.165) is 12.8 Å². The Morgan fingerprint density at radius 2 is 1.96 bits per heavy atom. The maximum absolute atomic E-state index is 12.8. The monoisotopic (exact) mass is 357 g/mol. The number of ether oxygens (including phenoxy) is 1. The molecule has 124 valence electrons. The van der Waals surface area contributed by atoms with Gasteiger partial charge >= 0.3 is 5.97 Å². The number of benzene rings is 1. The van der Waals surface area contributed by atoms with E-state index in [0.29, 0.717) is 17.5 Å². The second-order valence-corrected chi connectivity index (χ2v) is 6.97. The van der Waals surface area contributed by atoms with Crippen molar-refractivity contribution in [1.29, 1.82) is 0 Å². The Morgan fingerprint density at radius 1 is 1.26 bits per heavy atom. The first-order valence-electron chi connectivity index (χ1n) is 7.47. The van der Waals surface area contributed by atoms with E-state index in [1.54, 1.807) is 4.90 Å². The first-order valence-corrected chi connectivity index (χ1v) is 8.23. The molecule has 1 aromatic rings. The van der Waals surface area contributed by atoms with Crippen LogP contribution in [0.15, 0.2) is 12.1 Å². The zero-order valence-electron chi connectivity index (χ0n) is 12.6. The van der Waals surface area contributed by atoms with Crippen LogP contribution in [0.1, 0.15) is 23.2 Å². The van der Waals surface area contributed by atoms with Crippen LogP contribution in [0.3, 0.4) is 0 Å². The molecule has 2 aliphatic rings. The van der Waals surface area contributed by atoms with Crippen LogP contribution in [-0.2, 0) is 4.79 Å². The summed E-state index contributed by atoms with van der Waals surface area (Å²) in [7, 11) is 1.43. The van der Waals surface area contributed by atoms with Crippen molar-refractivity contribution in [3.8, 4) is 5.75 Å². The molecule has 3 rings (SSSR count). The van der Waals surface area contributed by atoms with Crippen LogP contribution in [0.5, 0.6) is 5.75 Å². The second kappa shape index (κ2) is 6.21. The molecule has 0 radical (unpaired) electrons. The summed E-state index contributed by atoms with van der Waals surface area (Å²) < 4.78 is 5.22. The minimum atomic E-state index is -0.840. The van der Waals surface area contributed by atoms with Gasteiger partial charge in [-0.2, -0.15) is 0 Å². The predicted octanol–water partition coefficient (Wildman–Crippen LogP) is 3.18. The van der Waals surface area contributed by atoms with Gasteiger partial charge in [0.25, 0.3) is 5.91 Å². The number of amides is 1. The molecule has 1 aromatic carbocycles. The van der Waals surface area contributed by atoms with Crippen molar-refractivity contribution >= 4 is 35.1 Å². The largest absolute Gasteiger partial charge is 0.494 e. The van der Waals surface area contributed by atoms with E-state index in [9.17, 15) is 14.7 Å². The number of carbonyl (C=O) groups is 2. The van der Waals surface area contributed by atoms with Gasteiger partial charge in [-0.1, -0.05) is 23.2 Å². The molecule has 1 amide bonds. The topological polar surface area (TPSA) is 66.8 Å². The lowest BCUT2D eigenvalue weighted by Crippen LogP contribution is -2.30. The molecule has 1 N–H and O–H groups in total. The number of hydrogen-bond donors (Lipinski definition) is 1. The summed E-state index contributed by atoms with van der Waals surface area (Å²) in [5, 5.41) is 10.0. The molecule has 0 unspecified atom stereocenters. The first-order chi connectivity index (χ1) is 10.9. The molecule has 1 aliphatic carbocycles. The number of rotatable bonds is 4. The highest BCUT2D eigenvalue weighted by atomic mass is 35.5. The molecule has 23 heavy (non-hydrogen) atoms. The fourth-order valence-corrected chi connectivity index (χ4v) is 3.93. The van der Waals surface area contributed by atoms with Gasteiger partial charge in [-0.15, -0.1) is 0 Å². The zero-order chi connectivity index (χ0) is 16.7. The van der Waals surface area contributed by atoms with Gasteiger partial charge in [0.2, 0.25) is 0 Å². The molecule has 0 spiro atoms. The Balaban J connectivity index is 1.88. The third-order valence-corrected chi connectivity index (χ3v) is 5.14. The van der Waals surface area contributed by atoms with Gasteiger partial charge < -0.3 is 14.7 Å². The van der Waals surface area contributed by atoms with Gasteiger partial charge in [-0.3, -0.25) is 9.59 Å². The molecule has 2 fully saturated rings. The molecule has 1 saturated heterocycles. The van der Waals surface area contributed by atoms with Crippen molar-refractivity contribution in [1.82, 2.24) is 4.90 Å². The van der Waals surface area contributed by atoms with Crippen molar-refractivity contribution in [2.24, 2.45) is 17.8 Å². The van der Waals surface area contributed by atoms with Crippen LogP contribution in [0.25, 0.3) is 0 Å². The number of hydrogen-bond acceptors (Lipinski definition) is 3. The SMILES string of the molecule is COc1c(Cl)cc(Cl)cc1C(=O)N1C[C@H](C(=O)O)[C@@H](C2CC2)C1. The fourth-order valence-electron chi connectivity index (χ4n) is 3.36. The normalized spacial score (nSPS) is 23.9. The van der Waals surface area contributed by atoms with Gasteiger partial charge in [-0.25, -0.2) is 0 Å². The third kappa shape index (κ3) is 3.12. The summed E-state index contributed by atoms with van der Waals surface area (Å²) >= 11 is 12.1. The van der Waals surface area contributed by atoms with E-state index in [1.807, 2.05) is 0 Å². The standard InChI is InChI=1S/C16H17Cl2NO4/c1-23-14-10(4-9(17)5-13(14)18)15(20)19-6-11(8-2-3-8)12(7-19)16(21)22/h4-5,8,11-12H,2-3,6-7H2,1H3,(H,21,22)/t11-,12+/m1/s1. The minimum absolute atomic E-state index is 0.0251. The van der Waals surface area contributed by atoms with E-state index in [-0.39, 0.29) is 34.7 Å². The smallest absolute Gasteiger partial charge is 0.308 e. The van der Waals surface area contributed by atoms with Crippen molar-refractivity contribution in [2.75, 3.05) is 20.2 Å². The van der Waals surface area contributed by atoms with Crippen LogP contribution in [0.2, 0.25) is 10.0 Å². The number of carbonyl (C=O) groups excluding carboxylic acids is 1. The first kappa shape index (κ1) is 16.4. The highest BCUT2D eigenvalue weighted by Crippen LogP contribution is 2.44. The Morgan fingerprint density at radius 3 is 2.52 bits per heavy atom. The number of halogens is 2. The Labute approximate surface area is 144 Å². The summed E-state index contributed by atoms with van der Waals surface area (Å²) in [6.45, 7) is 0.663. The maximum atomic E-state index is 12.8.